The summed E-state index contributed by atoms with van der Waals surface area (Å²) in [5.41, 5.74) is 0.565. The molecule has 2 aliphatic heterocycles. The van der Waals surface area contributed by atoms with Crippen LogP contribution in [0.3, 0.4) is 0 Å². The van der Waals surface area contributed by atoms with Crippen LogP contribution in [0, 0.1) is 0 Å². The van der Waals surface area contributed by atoms with Crippen LogP contribution in [0.1, 0.15) is 12.8 Å². The first-order chi connectivity index (χ1) is 11.4. The summed E-state index contributed by atoms with van der Waals surface area (Å²) in [4.78, 5) is 12.0. The molecule has 0 bridgehead atoms. The number of anilines is 1. The van der Waals surface area contributed by atoms with Gasteiger partial charge in [-0.25, -0.2) is 8.42 Å². The summed E-state index contributed by atoms with van der Waals surface area (Å²) in [5.74, 6) is 1.02. The van der Waals surface area contributed by atoms with Crippen molar-refractivity contribution in [1.82, 2.24) is 5.32 Å². The third-order valence-electron chi connectivity index (χ3n) is 3.87. The summed E-state index contributed by atoms with van der Waals surface area (Å²) < 4.78 is 33.9. The number of sulfone groups is 1. The molecule has 7 nitrogen and oxygen atoms in total. The highest BCUT2D eigenvalue weighted by molar-refractivity contribution is 7.91. The van der Waals surface area contributed by atoms with Crippen molar-refractivity contribution in [3.05, 3.63) is 17.2 Å². The molecule has 3 rings (SSSR count). The average molecular weight is 375 g/mol. The fourth-order valence-electron chi connectivity index (χ4n) is 2.68. The van der Waals surface area contributed by atoms with E-state index in [-0.39, 0.29) is 30.0 Å². The first-order valence-corrected chi connectivity index (χ1v) is 9.96. The van der Waals surface area contributed by atoms with E-state index in [4.69, 9.17) is 21.1 Å². The molecule has 2 heterocycles. The Labute approximate surface area is 145 Å². The smallest absolute Gasteiger partial charge is 0.239 e. The lowest BCUT2D eigenvalue weighted by Gasteiger charge is -2.14. The lowest BCUT2D eigenvalue weighted by atomic mass is 10.2. The predicted octanol–water partition coefficient (Wildman–Crippen LogP) is 1.22. The van der Waals surface area contributed by atoms with Crippen LogP contribution in [0.15, 0.2) is 12.1 Å². The van der Waals surface area contributed by atoms with Crippen molar-refractivity contribution >= 4 is 33.0 Å². The molecule has 0 radical (unpaired) electrons. The van der Waals surface area contributed by atoms with E-state index in [0.717, 1.165) is 6.42 Å². The van der Waals surface area contributed by atoms with Crippen LogP contribution in [0.25, 0.3) is 0 Å². The zero-order chi connectivity index (χ0) is 17.2. The maximum atomic E-state index is 12.0. The SMILES string of the molecule is O=C(CNc1cc2c(cc1Cl)OCCCO2)NC1CCS(=O)(=O)C1. The van der Waals surface area contributed by atoms with Crippen LogP contribution in [0.4, 0.5) is 5.69 Å². The second-order valence-electron chi connectivity index (χ2n) is 5.85. The van der Waals surface area contributed by atoms with E-state index in [1.807, 2.05) is 0 Å². The number of nitrogens with one attached hydrogen (secondary N) is 2. The fraction of sp³-hybridized carbons (Fsp3) is 0.533. The number of amides is 1. The van der Waals surface area contributed by atoms with Gasteiger partial charge in [-0.05, 0) is 6.42 Å². The zero-order valence-electron chi connectivity index (χ0n) is 13.0. The van der Waals surface area contributed by atoms with Gasteiger partial charge in [-0.1, -0.05) is 11.6 Å². The third-order valence-corrected chi connectivity index (χ3v) is 5.95. The normalized spacial score (nSPS) is 21.8. The molecule has 9 heteroatoms. The number of carbonyl (C=O) groups is 1. The lowest BCUT2D eigenvalue weighted by molar-refractivity contribution is -0.119. The number of halogens is 1. The average Bonchev–Trinajstić information content (AvgIpc) is 2.71. The maximum absolute atomic E-state index is 12.0. The van der Waals surface area contributed by atoms with E-state index < -0.39 is 9.84 Å². The summed E-state index contributed by atoms with van der Waals surface area (Å²) in [6.45, 7) is 1.13. The van der Waals surface area contributed by atoms with E-state index in [9.17, 15) is 13.2 Å². The van der Waals surface area contributed by atoms with Gasteiger partial charge in [0.25, 0.3) is 0 Å². The molecule has 1 atom stereocenters. The molecule has 132 valence electrons. The molecule has 2 N–H and O–H groups in total. The van der Waals surface area contributed by atoms with E-state index in [2.05, 4.69) is 10.6 Å². The monoisotopic (exact) mass is 374 g/mol. The largest absolute Gasteiger partial charge is 0.490 e. The molecule has 0 saturated carbocycles. The molecule has 0 aliphatic carbocycles. The van der Waals surface area contributed by atoms with Crippen molar-refractivity contribution in [3.63, 3.8) is 0 Å². The Morgan fingerprint density at radius 1 is 1.25 bits per heavy atom. The Morgan fingerprint density at radius 2 is 1.96 bits per heavy atom. The van der Waals surface area contributed by atoms with E-state index in [1.165, 1.54) is 0 Å². The second kappa shape index (κ2) is 7.06. The fourth-order valence-corrected chi connectivity index (χ4v) is 4.58. The van der Waals surface area contributed by atoms with Gasteiger partial charge in [0, 0.05) is 24.6 Å². The molecule has 2 aliphatic rings. The van der Waals surface area contributed by atoms with E-state index in [1.54, 1.807) is 12.1 Å². The van der Waals surface area contributed by atoms with Gasteiger partial charge in [-0.2, -0.15) is 0 Å². The Balaban J connectivity index is 1.58. The standard InChI is InChI=1S/C15H19ClN2O5S/c16-11-6-13-14(23-4-1-3-22-13)7-12(11)17-8-15(19)18-10-2-5-24(20,21)9-10/h6-7,10,17H,1-5,8-9H2,(H,18,19). The van der Waals surface area contributed by atoms with E-state index in [0.29, 0.717) is 41.8 Å². The van der Waals surface area contributed by atoms with Gasteiger partial charge >= 0.3 is 0 Å². The highest BCUT2D eigenvalue weighted by atomic mass is 35.5. The molecule has 1 amide bonds. The molecule has 0 aromatic heterocycles. The van der Waals surface area contributed by atoms with Crippen LogP contribution in [-0.2, 0) is 14.6 Å². The van der Waals surface area contributed by atoms with Crippen LogP contribution >= 0.6 is 11.6 Å². The highest BCUT2D eigenvalue weighted by Gasteiger charge is 2.28. The van der Waals surface area contributed by atoms with Gasteiger partial charge in [0.15, 0.2) is 21.3 Å². The van der Waals surface area contributed by atoms with Gasteiger partial charge < -0.3 is 20.1 Å². The molecule has 0 spiro atoms. The lowest BCUT2D eigenvalue weighted by Crippen LogP contribution is -2.39. The molecule has 1 fully saturated rings. The number of benzene rings is 1. The minimum Gasteiger partial charge on any atom is -0.490 e. The summed E-state index contributed by atoms with van der Waals surface area (Å²) in [6.07, 6.45) is 1.25. The summed E-state index contributed by atoms with van der Waals surface area (Å²) in [5, 5.41) is 6.09. The van der Waals surface area contributed by atoms with Crippen molar-refractivity contribution in [2.45, 2.75) is 18.9 Å². The summed E-state index contributed by atoms with van der Waals surface area (Å²) >= 11 is 6.20. The predicted molar refractivity (Wildman–Crippen MR) is 90.8 cm³/mol. The minimum absolute atomic E-state index is 0.00349. The summed E-state index contributed by atoms with van der Waals surface area (Å²) in [7, 11) is -3.02. The molecule has 1 aromatic carbocycles. The van der Waals surface area contributed by atoms with Gasteiger partial charge in [0.2, 0.25) is 5.91 Å². The molecule has 24 heavy (non-hydrogen) atoms. The van der Waals surface area contributed by atoms with Gasteiger partial charge in [0.1, 0.15) is 0 Å². The van der Waals surface area contributed by atoms with Crippen LogP contribution in [0.2, 0.25) is 5.02 Å². The van der Waals surface area contributed by atoms with Crippen molar-refractivity contribution in [1.29, 1.82) is 0 Å². The van der Waals surface area contributed by atoms with E-state index >= 15 is 0 Å². The molecule has 1 aromatic rings. The zero-order valence-corrected chi connectivity index (χ0v) is 14.6. The Bertz CT molecular complexity index is 738. The van der Waals surface area contributed by atoms with Crippen molar-refractivity contribution < 1.29 is 22.7 Å². The van der Waals surface area contributed by atoms with Crippen molar-refractivity contribution in [2.24, 2.45) is 0 Å². The Hall–Kier alpha value is -1.67. The maximum Gasteiger partial charge on any atom is 0.239 e. The second-order valence-corrected chi connectivity index (χ2v) is 8.49. The van der Waals surface area contributed by atoms with Gasteiger partial charge in [-0.3, -0.25) is 4.79 Å². The first-order valence-electron chi connectivity index (χ1n) is 7.76. The van der Waals surface area contributed by atoms with Gasteiger partial charge in [-0.15, -0.1) is 0 Å². The van der Waals surface area contributed by atoms with Crippen molar-refractivity contribution in [3.8, 4) is 11.5 Å². The first kappa shape index (κ1) is 17.2. The number of carbonyl (C=O) groups excluding carboxylic acids is 1. The number of hydrogen-bond donors (Lipinski definition) is 2. The number of rotatable bonds is 4. The minimum atomic E-state index is -3.02. The third kappa shape index (κ3) is 4.24. The molecule has 1 saturated heterocycles. The Kier molecular flexibility index (Phi) is 5.05. The van der Waals surface area contributed by atoms with Crippen molar-refractivity contribution in [2.75, 3.05) is 36.6 Å². The number of fused-ring (bicyclic) bond motifs is 1. The highest BCUT2D eigenvalue weighted by Crippen LogP contribution is 2.37. The molecular weight excluding hydrogens is 356 g/mol. The van der Waals surface area contributed by atoms with Crippen LogP contribution in [-0.4, -0.2) is 51.6 Å². The number of hydrogen-bond acceptors (Lipinski definition) is 6. The van der Waals surface area contributed by atoms with Gasteiger partial charge in [0.05, 0.1) is 42.0 Å². The van der Waals surface area contributed by atoms with Crippen LogP contribution < -0.4 is 20.1 Å². The summed E-state index contributed by atoms with van der Waals surface area (Å²) in [6, 6.07) is 3.05. The number of ether oxygens (including phenoxy) is 2. The quantitative estimate of drug-likeness (QED) is 0.823. The van der Waals surface area contributed by atoms with Crippen LogP contribution in [0.5, 0.6) is 11.5 Å². The molecular formula is C15H19ClN2O5S. The topological polar surface area (TPSA) is 93.7 Å². The Morgan fingerprint density at radius 3 is 2.62 bits per heavy atom. The molecule has 1 unspecified atom stereocenters.